The number of nitrogens with two attached hydrogens (primary N) is 1. The predicted octanol–water partition coefficient (Wildman–Crippen LogP) is 0.872. The molecular formula is C11H17BrN4O3S2. The molecule has 0 unspecified atom stereocenters. The lowest BCUT2D eigenvalue weighted by Crippen LogP contribution is -2.50. The molecule has 0 atom stereocenters. The lowest BCUT2D eigenvalue weighted by Gasteiger charge is -2.33. The molecule has 0 bridgehead atoms. The summed E-state index contributed by atoms with van der Waals surface area (Å²) < 4.78 is 27.8. The number of piperazine rings is 1. The van der Waals surface area contributed by atoms with Gasteiger partial charge in [-0.25, -0.2) is 8.42 Å². The summed E-state index contributed by atoms with van der Waals surface area (Å²) in [6.07, 6.45) is 0. The van der Waals surface area contributed by atoms with E-state index in [2.05, 4.69) is 21.1 Å². The van der Waals surface area contributed by atoms with Gasteiger partial charge in [0.25, 0.3) is 10.0 Å². The number of hydrogen-bond donors (Lipinski definition) is 2. The van der Waals surface area contributed by atoms with Gasteiger partial charge in [-0.15, -0.1) is 11.3 Å². The SMILES string of the molecule is Cc1cc(S(=O)(=O)N2CCN(C/C(N)=N/O)CC2)sc1Br. The van der Waals surface area contributed by atoms with Crippen LogP contribution in [0.15, 0.2) is 19.2 Å². The first-order valence-corrected chi connectivity index (χ1v) is 9.34. The van der Waals surface area contributed by atoms with E-state index in [0.29, 0.717) is 36.9 Å². The molecule has 10 heteroatoms. The molecule has 0 aromatic carbocycles. The number of thiophene rings is 1. The Morgan fingerprint density at radius 1 is 1.48 bits per heavy atom. The number of oxime groups is 1. The van der Waals surface area contributed by atoms with Crippen molar-refractivity contribution >= 4 is 43.1 Å². The van der Waals surface area contributed by atoms with Gasteiger partial charge >= 0.3 is 0 Å². The highest BCUT2D eigenvalue weighted by Crippen LogP contribution is 2.32. The molecule has 1 saturated heterocycles. The summed E-state index contributed by atoms with van der Waals surface area (Å²) in [5, 5.41) is 11.5. The third-order valence-corrected chi connectivity index (χ3v) is 7.76. The number of halogens is 1. The minimum absolute atomic E-state index is 0.129. The fraction of sp³-hybridized carbons (Fsp3) is 0.545. The second-order valence-corrected chi connectivity index (χ2v) is 9.33. The van der Waals surface area contributed by atoms with Crippen molar-refractivity contribution in [2.45, 2.75) is 11.1 Å². The largest absolute Gasteiger partial charge is 0.409 e. The summed E-state index contributed by atoms with van der Waals surface area (Å²) in [6, 6.07) is 1.69. The van der Waals surface area contributed by atoms with Crippen molar-refractivity contribution in [2.24, 2.45) is 10.9 Å². The van der Waals surface area contributed by atoms with Gasteiger partial charge in [0.15, 0.2) is 5.84 Å². The molecule has 2 rings (SSSR count). The lowest BCUT2D eigenvalue weighted by molar-refractivity contribution is 0.206. The molecule has 1 fully saturated rings. The molecular weight excluding hydrogens is 380 g/mol. The Morgan fingerprint density at radius 2 is 2.10 bits per heavy atom. The van der Waals surface area contributed by atoms with Crippen molar-refractivity contribution in [3.05, 3.63) is 15.4 Å². The zero-order chi connectivity index (χ0) is 15.6. The Hall–Kier alpha value is -0.680. The maximum atomic E-state index is 12.5. The summed E-state index contributed by atoms with van der Waals surface area (Å²) >= 11 is 4.58. The molecule has 1 aliphatic rings. The molecule has 1 aromatic rings. The van der Waals surface area contributed by atoms with Crippen LogP contribution >= 0.6 is 27.3 Å². The van der Waals surface area contributed by atoms with Gasteiger partial charge in [-0.05, 0) is 34.5 Å². The van der Waals surface area contributed by atoms with Gasteiger partial charge in [0, 0.05) is 26.2 Å². The van der Waals surface area contributed by atoms with E-state index in [-0.39, 0.29) is 5.84 Å². The second kappa shape index (κ2) is 6.61. The zero-order valence-electron chi connectivity index (χ0n) is 11.5. The summed E-state index contributed by atoms with van der Waals surface area (Å²) in [4.78, 5) is 1.96. The Kier molecular flexibility index (Phi) is 5.25. The Balaban J connectivity index is 2.04. The van der Waals surface area contributed by atoms with E-state index in [4.69, 9.17) is 10.9 Å². The van der Waals surface area contributed by atoms with Crippen LogP contribution in [-0.2, 0) is 10.0 Å². The monoisotopic (exact) mass is 396 g/mol. The van der Waals surface area contributed by atoms with E-state index in [1.807, 2.05) is 11.8 Å². The fourth-order valence-corrected chi connectivity index (χ4v) is 5.88. The first-order valence-electron chi connectivity index (χ1n) is 6.29. The minimum Gasteiger partial charge on any atom is -0.409 e. The number of amidine groups is 1. The number of aryl methyl sites for hydroxylation is 1. The van der Waals surface area contributed by atoms with Crippen LogP contribution in [0.25, 0.3) is 0 Å². The zero-order valence-corrected chi connectivity index (χ0v) is 14.7. The average molecular weight is 397 g/mol. The highest BCUT2D eigenvalue weighted by molar-refractivity contribution is 9.11. The van der Waals surface area contributed by atoms with Gasteiger partial charge in [0.2, 0.25) is 0 Å². The van der Waals surface area contributed by atoms with Crippen LogP contribution in [-0.4, -0.2) is 61.4 Å². The molecule has 0 radical (unpaired) electrons. The number of sulfonamides is 1. The molecule has 0 saturated carbocycles. The normalized spacial score (nSPS) is 19.0. The van der Waals surface area contributed by atoms with Crippen LogP contribution in [0.5, 0.6) is 0 Å². The Bertz CT molecular complexity index is 616. The van der Waals surface area contributed by atoms with Crippen molar-refractivity contribution < 1.29 is 13.6 Å². The molecule has 1 aromatic heterocycles. The van der Waals surface area contributed by atoms with E-state index in [1.165, 1.54) is 15.6 Å². The van der Waals surface area contributed by atoms with E-state index in [1.54, 1.807) is 6.07 Å². The standard InChI is InChI=1S/C11H17BrN4O3S2/c1-8-6-10(20-11(8)12)21(18,19)16-4-2-15(3-5-16)7-9(13)14-17/h6,17H,2-5,7H2,1H3,(H2,13,14). The lowest BCUT2D eigenvalue weighted by atomic mass is 10.3. The smallest absolute Gasteiger partial charge is 0.252 e. The minimum atomic E-state index is -3.44. The molecule has 7 nitrogen and oxygen atoms in total. The van der Waals surface area contributed by atoms with Crippen molar-refractivity contribution in [1.82, 2.24) is 9.21 Å². The van der Waals surface area contributed by atoms with Crippen molar-refractivity contribution in [2.75, 3.05) is 32.7 Å². The second-order valence-electron chi connectivity index (χ2n) is 4.79. The van der Waals surface area contributed by atoms with Gasteiger partial charge in [0.1, 0.15) is 4.21 Å². The molecule has 0 aliphatic carbocycles. The van der Waals surface area contributed by atoms with E-state index >= 15 is 0 Å². The summed E-state index contributed by atoms with van der Waals surface area (Å²) in [5.41, 5.74) is 6.38. The molecule has 1 aliphatic heterocycles. The van der Waals surface area contributed by atoms with E-state index < -0.39 is 10.0 Å². The maximum Gasteiger partial charge on any atom is 0.252 e. The summed E-state index contributed by atoms with van der Waals surface area (Å²) in [6.45, 7) is 4.12. The topological polar surface area (TPSA) is 99.2 Å². The van der Waals surface area contributed by atoms with Gasteiger partial charge in [0.05, 0.1) is 10.3 Å². The van der Waals surface area contributed by atoms with E-state index in [0.717, 1.165) is 9.35 Å². The number of rotatable bonds is 4. The molecule has 3 N–H and O–H groups in total. The van der Waals surface area contributed by atoms with Crippen LogP contribution in [0.4, 0.5) is 0 Å². The highest BCUT2D eigenvalue weighted by atomic mass is 79.9. The fourth-order valence-electron chi connectivity index (χ4n) is 2.07. The van der Waals surface area contributed by atoms with Crippen molar-refractivity contribution in [1.29, 1.82) is 0 Å². The molecule has 0 amide bonds. The van der Waals surface area contributed by atoms with Crippen molar-refractivity contribution in [3.8, 4) is 0 Å². The van der Waals surface area contributed by atoms with Crippen LogP contribution in [0.1, 0.15) is 5.56 Å². The average Bonchev–Trinajstić information content (AvgIpc) is 2.80. The van der Waals surface area contributed by atoms with Gasteiger partial charge < -0.3 is 10.9 Å². The van der Waals surface area contributed by atoms with Crippen LogP contribution in [0.2, 0.25) is 0 Å². The van der Waals surface area contributed by atoms with Gasteiger partial charge in [-0.1, -0.05) is 5.16 Å². The summed E-state index contributed by atoms with van der Waals surface area (Å²) in [5.74, 6) is 0.129. The predicted molar refractivity (Wildman–Crippen MR) is 85.4 cm³/mol. The van der Waals surface area contributed by atoms with E-state index in [9.17, 15) is 8.42 Å². The summed E-state index contributed by atoms with van der Waals surface area (Å²) in [7, 11) is -3.44. The highest BCUT2D eigenvalue weighted by Gasteiger charge is 2.30. The number of hydrogen-bond acceptors (Lipinski definition) is 6. The first kappa shape index (κ1) is 16.7. The number of nitrogens with zero attached hydrogens (tertiary/aromatic N) is 3. The third-order valence-electron chi connectivity index (χ3n) is 3.27. The first-order chi connectivity index (χ1) is 9.84. The molecule has 118 valence electrons. The third kappa shape index (κ3) is 3.75. The van der Waals surface area contributed by atoms with Crippen LogP contribution in [0.3, 0.4) is 0 Å². The molecule has 21 heavy (non-hydrogen) atoms. The molecule has 2 heterocycles. The maximum absolute atomic E-state index is 12.5. The van der Waals surface area contributed by atoms with Crippen molar-refractivity contribution in [3.63, 3.8) is 0 Å². The van der Waals surface area contributed by atoms with Gasteiger partial charge in [-0.2, -0.15) is 4.31 Å². The van der Waals surface area contributed by atoms with Crippen LogP contribution in [0, 0.1) is 6.92 Å². The Labute approximate surface area is 136 Å². The van der Waals surface area contributed by atoms with Crippen LogP contribution < -0.4 is 5.73 Å². The Morgan fingerprint density at radius 3 is 2.57 bits per heavy atom. The molecule has 0 spiro atoms. The van der Waals surface area contributed by atoms with Gasteiger partial charge in [-0.3, -0.25) is 4.90 Å². The quantitative estimate of drug-likeness (QED) is 0.340.